The second kappa shape index (κ2) is 7.81. The van der Waals surface area contributed by atoms with Crippen molar-refractivity contribution in [2.45, 2.75) is 52.0 Å². The maximum Gasteiger partial charge on any atom is 0.115 e. The van der Waals surface area contributed by atoms with Crippen molar-refractivity contribution >= 4 is 11.0 Å². The van der Waals surface area contributed by atoms with Crippen LogP contribution in [-0.2, 0) is 0 Å². The minimum atomic E-state index is 0.389. The summed E-state index contributed by atoms with van der Waals surface area (Å²) in [5, 5.41) is 0. The topological polar surface area (TPSA) is 34.0 Å². The molecule has 142 valence electrons. The Labute approximate surface area is 162 Å². The number of fused-ring (bicyclic) bond motifs is 1. The largest absolute Gasteiger partial charge is 0.328 e. The predicted octanol–water partition coefficient (Wildman–Crippen LogP) is 5.27. The molecule has 1 saturated heterocycles. The van der Waals surface area contributed by atoms with Gasteiger partial charge in [-0.25, -0.2) is 4.98 Å². The number of aromatic nitrogens is 3. The van der Waals surface area contributed by atoms with Gasteiger partial charge in [0, 0.05) is 23.2 Å². The van der Waals surface area contributed by atoms with Gasteiger partial charge in [-0.3, -0.25) is 4.98 Å². The lowest BCUT2D eigenvalue weighted by Crippen LogP contribution is -2.33. The molecule has 0 unspecified atom stereocenters. The first-order valence-corrected chi connectivity index (χ1v) is 10.3. The lowest BCUT2D eigenvalue weighted by Gasteiger charge is -2.31. The van der Waals surface area contributed by atoms with E-state index in [-0.39, 0.29) is 0 Å². The summed E-state index contributed by atoms with van der Waals surface area (Å²) in [4.78, 5) is 12.5. The van der Waals surface area contributed by atoms with Gasteiger partial charge in [-0.15, -0.1) is 0 Å². The summed E-state index contributed by atoms with van der Waals surface area (Å²) in [7, 11) is 0. The molecule has 0 radical (unpaired) electrons. The maximum absolute atomic E-state index is 5.14. The predicted molar refractivity (Wildman–Crippen MR) is 112 cm³/mol. The standard InChI is InChI=1S/C23H30N4/c1-4-12-26-13-10-18(11-14-26)20-15-21-23(24-16-27(21)17(2)3)22(25-20)19-8-6-5-7-9-19/h5-9,15-18H,4,10-14H2,1-3H3. The zero-order valence-corrected chi connectivity index (χ0v) is 16.7. The summed E-state index contributed by atoms with van der Waals surface area (Å²) in [5.74, 6) is 0.542. The quantitative estimate of drug-likeness (QED) is 0.620. The number of hydrogen-bond donors (Lipinski definition) is 0. The van der Waals surface area contributed by atoms with Gasteiger partial charge < -0.3 is 9.47 Å². The van der Waals surface area contributed by atoms with Crippen LogP contribution in [0, 0.1) is 0 Å². The molecule has 4 heteroatoms. The molecule has 3 aromatic rings. The molecule has 0 atom stereocenters. The monoisotopic (exact) mass is 362 g/mol. The second-order valence-corrected chi connectivity index (χ2v) is 7.99. The number of pyridine rings is 1. The molecule has 0 spiro atoms. The highest BCUT2D eigenvalue weighted by Crippen LogP contribution is 2.33. The van der Waals surface area contributed by atoms with E-state index >= 15 is 0 Å². The molecular weight excluding hydrogens is 332 g/mol. The van der Waals surface area contributed by atoms with Gasteiger partial charge in [0.15, 0.2) is 0 Å². The molecule has 1 aromatic carbocycles. The summed E-state index contributed by atoms with van der Waals surface area (Å²) in [6, 6.07) is 13.2. The molecule has 1 fully saturated rings. The summed E-state index contributed by atoms with van der Waals surface area (Å²) < 4.78 is 2.28. The molecule has 27 heavy (non-hydrogen) atoms. The molecule has 1 aliphatic heterocycles. The number of imidazole rings is 1. The number of nitrogens with zero attached hydrogens (tertiary/aromatic N) is 4. The van der Waals surface area contributed by atoms with Crippen LogP contribution in [0.25, 0.3) is 22.3 Å². The van der Waals surface area contributed by atoms with Gasteiger partial charge in [0.2, 0.25) is 0 Å². The average Bonchev–Trinajstić information content (AvgIpc) is 3.13. The zero-order chi connectivity index (χ0) is 18.8. The Bertz CT molecular complexity index is 889. The summed E-state index contributed by atoms with van der Waals surface area (Å²) in [5.41, 5.74) is 5.65. The normalized spacial score (nSPS) is 16.4. The molecule has 0 aliphatic carbocycles. The number of rotatable bonds is 5. The average molecular weight is 363 g/mol. The Morgan fingerprint density at radius 2 is 1.85 bits per heavy atom. The molecular formula is C23H30N4. The third-order valence-electron chi connectivity index (χ3n) is 5.73. The summed E-state index contributed by atoms with van der Waals surface area (Å²) >= 11 is 0. The fourth-order valence-electron chi connectivity index (χ4n) is 4.24. The van der Waals surface area contributed by atoms with Gasteiger partial charge >= 0.3 is 0 Å². The van der Waals surface area contributed by atoms with Crippen molar-refractivity contribution in [3.63, 3.8) is 0 Å². The summed E-state index contributed by atoms with van der Waals surface area (Å²) in [6.45, 7) is 10.3. The Balaban J connectivity index is 1.76. The Hall–Kier alpha value is -2.20. The van der Waals surface area contributed by atoms with Crippen LogP contribution in [0.15, 0.2) is 42.7 Å². The van der Waals surface area contributed by atoms with E-state index in [0.29, 0.717) is 12.0 Å². The van der Waals surface area contributed by atoms with E-state index in [1.807, 2.05) is 6.33 Å². The molecule has 4 nitrogen and oxygen atoms in total. The van der Waals surface area contributed by atoms with Crippen LogP contribution >= 0.6 is 0 Å². The Morgan fingerprint density at radius 3 is 2.52 bits per heavy atom. The van der Waals surface area contributed by atoms with Crippen LogP contribution in [0.3, 0.4) is 0 Å². The highest BCUT2D eigenvalue weighted by Gasteiger charge is 2.23. The van der Waals surface area contributed by atoms with Crippen molar-refractivity contribution in [1.82, 2.24) is 19.4 Å². The Kier molecular flexibility index (Phi) is 5.26. The van der Waals surface area contributed by atoms with Crippen molar-refractivity contribution in [1.29, 1.82) is 0 Å². The number of hydrogen-bond acceptors (Lipinski definition) is 3. The van der Waals surface area contributed by atoms with E-state index in [4.69, 9.17) is 9.97 Å². The van der Waals surface area contributed by atoms with E-state index in [0.717, 1.165) is 16.8 Å². The van der Waals surface area contributed by atoms with Crippen LogP contribution in [0.2, 0.25) is 0 Å². The first kappa shape index (κ1) is 18.2. The molecule has 0 saturated carbocycles. The van der Waals surface area contributed by atoms with Gasteiger partial charge in [-0.1, -0.05) is 37.3 Å². The lowest BCUT2D eigenvalue weighted by molar-refractivity contribution is 0.211. The van der Waals surface area contributed by atoms with Crippen molar-refractivity contribution < 1.29 is 0 Å². The van der Waals surface area contributed by atoms with Gasteiger partial charge in [0.05, 0.1) is 17.5 Å². The number of piperidine rings is 1. The second-order valence-electron chi connectivity index (χ2n) is 7.99. The Morgan fingerprint density at radius 1 is 1.11 bits per heavy atom. The van der Waals surface area contributed by atoms with Crippen molar-refractivity contribution in [2.24, 2.45) is 0 Å². The number of benzene rings is 1. The van der Waals surface area contributed by atoms with E-state index < -0.39 is 0 Å². The highest BCUT2D eigenvalue weighted by atomic mass is 15.1. The van der Waals surface area contributed by atoms with Crippen LogP contribution in [0.4, 0.5) is 0 Å². The third-order valence-corrected chi connectivity index (χ3v) is 5.73. The molecule has 2 aromatic heterocycles. The first-order valence-electron chi connectivity index (χ1n) is 10.3. The van der Waals surface area contributed by atoms with Crippen molar-refractivity contribution in [2.75, 3.05) is 19.6 Å². The van der Waals surface area contributed by atoms with Crippen LogP contribution < -0.4 is 0 Å². The smallest absolute Gasteiger partial charge is 0.115 e. The molecule has 0 amide bonds. The molecule has 4 rings (SSSR count). The third kappa shape index (κ3) is 3.63. The minimum Gasteiger partial charge on any atom is -0.328 e. The molecule has 1 aliphatic rings. The van der Waals surface area contributed by atoms with Crippen LogP contribution in [0.5, 0.6) is 0 Å². The molecule has 3 heterocycles. The molecule has 0 N–H and O–H groups in total. The van der Waals surface area contributed by atoms with Gasteiger partial charge in [-0.05, 0) is 58.8 Å². The van der Waals surface area contributed by atoms with Crippen molar-refractivity contribution in [3.05, 3.63) is 48.4 Å². The van der Waals surface area contributed by atoms with Gasteiger partial charge in [-0.2, -0.15) is 0 Å². The van der Waals surface area contributed by atoms with E-state index in [1.54, 1.807) is 0 Å². The fraction of sp³-hybridized carbons (Fsp3) is 0.478. The SMILES string of the molecule is CCCN1CCC(c2cc3c(ncn3C(C)C)c(-c3ccccc3)n2)CC1. The van der Waals surface area contributed by atoms with E-state index in [1.165, 1.54) is 50.1 Å². The van der Waals surface area contributed by atoms with Crippen molar-refractivity contribution in [3.8, 4) is 11.3 Å². The van der Waals surface area contributed by atoms with Crippen LogP contribution in [0.1, 0.15) is 57.7 Å². The minimum absolute atomic E-state index is 0.389. The van der Waals surface area contributed by atoms with Gasteiger partial charge in [0.25, 0.3) is 0 Å². The molecule has 0 bridgehead atoms. The highest BCUT2D eigenvalue weighted by molar-refractivity contribution is 5.90. The fourth-order valence-corrected chi connectivity index (χ4v) is 4.24. The lowest BCUT2D eigenvalue weighted by atomic mass is 9.92. The maximum atomic E-state index is 5.14. The van der Waals surface area contributed by atoms with E-state index in [9.17, 15) is 0 Å². The first-order chi connectivity index (χ1) is 13.2. The van der Waals surface area contributed by atoms with Gasteiger partial charge in [0.1, 0.15) is 5.52 Å². The number of likely N-dealkylation sites (tertiary alicyclic amines) is 1. The van der Waals surface area contributed by atoms with E-state index in [2.05, 4.69) is 66.6 Å². The van der Waals surface area contributed by atoms with Crippen LogP contribution in [-0.4, -0.2) is 39.1 Å². The zero-order valence-electron chi connectivity index (χ0n) is 16.7. The summed E-state index contributed by atoms with van der Waals surface area (Å²) in [6.07, 6.45) is 5.60.